The molecule has 0 amide bonds. The summed E-state index contributed by atoms with van der Waals surface area (Å²) >= 11 is 0. The quantitative estimate of drug-likeness (QED) is 0.180. The molecule has 0 aliphatic rings. The number of hydrogen-bond acceptors (Lipinski definition) is 4. The number of aliphatic imine (C=N–C) groups is 1. The molecular formula is C15H30N4O4. The molecule has 0 aromatic rings. The number of carboxylic acid groups (broad SMARTS) is 2. The second kappa shape index (κ2) is 12.7. The van der Waals surface area contributed by atoms with Crippen LogP contribution >= 0.6 is 0 Å². The lowest BCUT2D eigenvalue weighted by atomic mass is 10.0. The molecule has 0 spiro atoms. The zero-order chi connectivity index (χ0) is 17.7. The molecular weight excluding hydrogens is 300 g/mol. The van der Waals surface area contributed by atoms with Gasteiger partial charge in [-0.25, -0.2) is 0 Å². The molecule has 0 aromatic heterocycles. The third-order valence-electron chi connectivity index (χ3n) is 3.54. The largest absolute Gasteiger partial charge is 0.480 e. The number of nitrogens with two attached hydrogens (primary N) is 2. The Labute approximate surface area is 137 Å². The van der Waals surface area contributed by atoms with E-state index >= 15 is 0 Å². The molecule has 0 saturated carbocycles. The molecule has 0 saturated heterocycles. The molecule has 23 heavy (non-hydrogen) atoms. The number of carbonyl (C=O) groups is 2. The van der Waals surface area contributed by atoms with E-state index in [1.54, 1.807) is 0 Å². The van der Waals surface area contributed by atoms with Crippen molar-refractivity contribution in [2.75, 3.05) is 6.54 Å². The SMILES string of the molecule is CCCCCCCC(N[C@@H](CCCN=C(N)N)C(=O)O)C(=O)O. The van der Waals surface area contributed by atoms with Gasteiger partial charge in [0, 0.05) is 6.54 Å². The summed E-state index contributed by atoms with van der Waals surface area (Å²) in [7, 11) is 0. The minimum absolute atomic E-state index is 0.0414. The highest BCUT2D eigenvalue weighted by molar-refractivity contribution is 5.77. The van der Waals surface area contributed by atoms with E-state index in [9.17, 15) is 19.8 Å². The Morgan fingerprint density at radius 3 is 1.96 bits per heavy atom. The molecule has 2 atom stereocenters. The summed E-state index contributed by atoms with van der Waals surface area (Å²) in [5.74, 6) is -2.12. The van der Waals surface area contributed by atoms with E-state index in [0.29, 0.717) is 19.4 Å². The number of aliphatic carboxylic acids is 2. The van der Waals surface area contributed by atoms with Crippen molar-refractivity contribution in [2.24, 2.45) is 16.5 Å². The van der Waals surface area contributed by atoms with Crippen LogP contribution in [0.5, 0.6) is 0 Å². The number of nitrogens with one attached hydrogen (secondary N) is 1. The monoisotopic (exact) mass is 330 g/mol. The van der Waals surface area contributed by atoms with Gasteiger partial charge in [0.15, 0.2) is 5.96 Å². The molecule has 0 rings (SSSR count). The number of unbranched alkanes of at least 4 members (excludes halogenated alkanes) is 4. The molecule has 0 aromatic carbocycles. The molecule has 1 unspecified atom stereocenters. The van der Waals surface area contributed by atoms with Gasteiger partial charge in [-0.1, -0.05) is 39.0 Å². The number of guanidine groups is 1. The summed E-state index contributed by atoms with van der Waals surface area (Å²) in [5, 5.41) is 21.2. The van der Waals surface area contributed by atoms with E-state index < -0.39 is 24.0 Å². The molecule has 0 fully saturated rings. The minimum Gasteiger partial charge on any atom is -0.480 e. The van der Waals surface area contributed by atoms with Gasteiger partial charge in [-0.15, -0.1) is 0 Å². The molecule has 0 aliphatic carbocycles. The zero-order valence-electron chi connectivity index (χ0n) is 13.8. The number of nitrogens with zero attached hydrogens (tertiary/aromatic N) is 1. The van der Waals surface area contributed by atoms with Crippen LogP contribution in [0.2, 0.25) is 0 Å². The van der Waals surface area contributed by atoms with E-state index in [1.165, 1.54) is 0 Å². The summed E-state index contributed by atoms with van der Waals surface area (Å²) in [6.07, 6.45) is 6.22. The molecule has 0 radical (unpaired) electrons. The summed E-state index contributed by atoms with van der Waals surface area (Å²) in [5.41, 5.74) is 10.4. The molecule has 8 heteroatoms. The lowest BCUT2D eigenvalue weighted by Gasteiger charge is -2.20. The van der Waals surface area contributed by atoms with Crippen LogP contribution in [0.4, 0.5) is 0 Å². The average Bonchev–Trinajstić information content (AvgIpc) is 2.47. The van der Waals surface area contributed by atoms with Crippen molar-refractivity contribution in [3.63, 3.8) is 0 Å². The van der Waals surface area contributed by atoms with Crippen LogP contribution in [0, 0.1) is 0 Å². The number of hydrogen-bond donors (Lipinski definition) is 5. The first kappa shape index (κ1) is 21.2. The number of rotatable bonds is 14. The molecule has 8 nitrogen and oxygen atoms in total. The highest BCUT2D eigenvalue weighted by atomic mass is 16.4. The van der Waals surface area contributed by atoms with Gasteiger partial charge < -0.3 is 21.7 Å². The van der Waals surface area contributed by atoms with Crippen molar-refractivity contribution in [3.8, 4) is 0 Å². The van der Waals surface area contributed by atoms with Gasteiger partial charge in [0.1, 0.15) is 12.1 Å². The highest BCUT2D eigenvalue weighted by Gasteiger charge is 2.25. The first-order valence-corrected chi connectivity index (χ1v) is 8.15. The maximum absolute atomic E-state index is 11.3. The second-order valence-corrected chi connectivity index (χ2v) is 5.60. The fraction of sp³-hybridized carbons (Fsp3) is 0.800. The van der Waals surface area contributed by atoms with Crippen molar-refractivity contribution in [2.45, 2.75) is 70.4 Å². The Hall–Kier alpha value is -1.83. The van der Waals surface area contributed by atoms with Gasteiger partial charge in [0.05, 0.1) is 0 Å². The Kier molecular flexibility index (Phi) is 11.7. The van der Waals surface area contributed by atoms with Crippen molar-refractivity contribution in [1.82, 2.24) is 5.32 Å². The average molecular weight is 330 g/mol. The van der Waals surface area contributed by atoms with Crippen molar-refractivity contribution >= 4 is 17.9 Å². The Bertz CT molecular complexity index is 384. The predicted molar refractivity (Wildman–Crippen MR) is 89.3 cm³/mol. The molecule has 134 valence electrons. The van der Waals surface area contributed by atoms with Crippen LogP contribution in [-0.4, -0.2) is 46.7 Å². The first-order chi connectivity index (χ1) is 10.9. The maximum atomic E-state index is 11.3. The van der Waals surface area contributed by atoms with E-state index in [-0.39, 0.29) is 12.4 Å². The second-order valence-electron chi connectivity index (χ2n) is 5.60. The lowest BCUT2D eigenvalue weighted by molar-refractivity contribution is -0.142. The van der Waals surface area contributed by atoms with Crippen LogP contribution in [0.15, 0.2) is 4.99 Å². The fourth-order valence-electron chi connectivity index (χ4n) is 2.25. The molecule has 0 bridgehead atoms. The van der Waals surface area contributed by atoms with E-state index in [4.69, 9.17) is 11.5 Å². The predicted octanol–water partition coefficient (Wildman–Crippen LogP) is 0.897. The Morgan fingerprint density at radius 2 is 1.48 bits per heavy atom. The highest BCUT2D eigenvalue weighted by Crippen LogP contribution is 2.09. The van der Waals surface area contributed by atoms with Crippen molar-refractivity contribution < 1.29 is 19.8 Å². The van der Waals surface area contributed by atoms with Crippen LogP contribution in [0.1, 0.15) is 58.3 Å². The van der Waals surface area contributed by atoms with Crippen LogP contribution < -0.4 is 16.8 Å². The van der Waals surface area contributed by atoms with Crippen LogP contribution in [0.25, 0.3) is 0 Å². The van der Waals surface area contributed by atoms with Crippen molar-refractivity contribution in [3.05, 3.63) is 0 Å². The summed E-state index contributed by atoms with van der Waals surface area (Å²) in [6, 6.07) is -1.76. The van der Waals surface area contributed by atoms with Crippen LogP contribution in [-0.2, 0) is 9.59 Å². The Balaban J connectivity index is 4.33. The fourth-order valence-corrected chi connectivity index (χ4v) is 2.25. The summed E-state index contributed by atoms with van der Waals surface area (Å²) in [6.45, 7) is 2.43. The standard InChI is InChI=1S/C15H30N4O4/c1-2-3-4-5-6-8-11(13(20)21)19-12(14(22)23)9-7-10-18-15(16)17/h11-12,19H,2-10H2,1H3,(H,20,21)(H,22,23)(H4,16,17,18)/t11?,12-/m0/s1. The van der Waals surface area contributed by atoms with E-state index in [0.717, 1.165) is 32.1 Å². The van der Waals surface area contributed by atoms with Gasteiger partial charge in [0.25, 0.3) is 0 Å². The Morgan fingerprint density at radius 1 is 0.957 bits per heavy atom. The van der Waals surface area contributed by atoms with Gasteiger partial charge in [-0.05, 0) is 19.3 Å². The lowest BCUT2D eigenvalue weighted by Crippen LogP contribution is -2.47. The van der Waals surface area contributed by atoms with E-state index in [1.807, 2.05) is 0 Å². The van der Waals surface area contributed by atoms with Crippen LogP contribution in [0.3, 0.4) is 0 Å². The third kappa shape index (κ3) is 11.4. The maximum Gasteiger partial charge on any atom is 0.320 e. The third-order valence-corrected chi connectivity index (χ3v) is 3.54. The summed E-state index contributed by atoms with van der Waals surface area (Å²) < 4.78 is 0. The molecule has 0 heterocycles. The van der Waals surface area contributed by atoms with E-state index in [2.05, 4.69) is 17.2 Å². The van der Waals surface area contributed by atoms with Gasteiger partial charge in [0.2, 0.25) is 0 Å². The number of carboxylic acids is 2. The zero-order valence-corrected chi connectivity index (χ0v) is 13.8. The minimum atomic E-state index is -1.06. The molecule has 0 aliphatic heterocycles. The topological polar surface area (TPSA) is 151 Å². The first-order valence-electron chi connectivity index (χ1n) is 8.15. The van der Waals surface area contributed by atoms with Gasteiger partial charge >= 0.3 is 11.9 Å². The van der Waals surface area contributed by atoms with Gasteiger partial charge in [-0.3, -0.25) is 19.9 Å². The summed E-state index contributed by atoms with van der Waals surface area (Å²) in [4.78, 5) is 26.3. The van der Waals surface area contributed by atoms with Crippen molar-refractivity contribution in [1.29, 1.82) is 0 Å². The normalized spacial score (nSPS) is 13.3. The molecule has 7 N–H and O–H groups in total. The van der Waals surface area contributed by atoms with Gasteiger partial charge in [-0.2, -0.15) is 0 Å². The smallest absolute Gasteiger partial charge is 0.320 e.